The zero-order valence-electron chi connectivity index (χ0n) is 14.9. The van der Waals surface area contributed by atoms with Gasteiger partial charge in [-0.05, 0) is 41.9 Å². The fraction of sp³-hybridized carbons (Fsp3) is 0.294. The van der Waals surface area contributed by atoms with Gasteiger partial charge in [-0.3, -0.25) is 0 Å². The highest BCUT2D eigenvalue weighted by Crippen LogP contribution is 2.41. The summed E-state index contributed by atoms with van der Waals surface area (Å²) < 4.78 is 16.5. The molecule has 1 unspecified atom stereocenters. The Kier molecular flexibility index (Phi) is 6.41. The third-order valence-corrected chi connectivity index (χ3v) is 4.07. The maximum atomic E-state index is 11.7. The number of rotatable bonds is 6. The van der Waals surface area contributed by atoms with Crippen molar-refractivity contribution < 1.29 is 19.0 Å². The molecule has 0 saturated carbocycles. The van der Waals surface area contributed by atoms with E-state index in [4.69, 9.17) is 20.9 Å². The van der Waals surface area contributed by atoms with Gasteiger partial charge in [0.25, 0.3) is 0 Å². The number of nitriles is 1. The Labute approximate surface area is 164 Å². The fourth-order valence-electron chi connectivity index (χ4n) is 2.29. The van der Waals surface area contributed by atoms with E-state index in [0.29, 0.717) is 28.1 Å². The summed E-state index contributed by atoms with van der Waals surface area (Å²) in [5.41, 5.74) is 12.3. The van der Waals surface area contributed by atoms with E-state index in [9.17, 15) is 10.1 Å². The lowest BCUT2D eigenvalue weighted by molar-refractivity contribution is -0.147. The molecule has 0 saturated heterocycles. The predicted molar refractivity (Wildman–Crippen MR) is 102 cm³/mol. The minimum absolute atomic E-state index is 0.0197. The maximum Gasteiger partial charge on any atom is 0.346 e. The zero-order chi connectivity index (χ0) is 20.1. The number of nitrogens with two attached hydrogens (primary N) is 2. The topological polar surface area (TPSA) is 146 Å². The summed E-state index contributed by atoms with van der Waals surface area (Å²) in [4.78, 5) is 19.6. The smallest absolute Gasteiger partial charge is 0.346 e. The summed E-state index contributed by atoms with van der Waals surface area (Å²) in [6, 6.07) is 5.25. The van der Waals surface area contributed by atoms with Crippen molar-refractivity contribution >= 4 is 33.7 Å². The van der Waals surface area contributed by atoms with Crippen molar-refractivity contribution in [1.82, 2.24) is 9.97 Å². The quantitative estimate of drug-likeness (QED) is 0.651. The first kappa shape index (κ1) is 20.3. The average molecular weight is 436 g/mol. The number of anilines is 2. The molecule has 0 radical (unpaired) electrons. The Morgan fingerprint density at radius 3 is 2.67 bits per heavy atom. The number of carbonyl (C=O) groups is 1. The predicted octanol–water partition coefficient (Wildman–Crippen LogP) is 2.28. The van der Waals surface area contributed by atoms with Gasteiger partial charge >= 0.3 is 5.97 Å². The lowest BCUT2D eigenvalue weighted by Crippen LogP contribution is -2.25. The molecule has 0 aliphatic carbocycles. The minimum atomic E-state index is -0.851. The number of carbonyl (C=O) groups excluding carboxylic acids is 1. The molecule has 0 amide bonds. The van der Waals surface area contributed by atoms with E-state index in [1.54, 1.807) is 26.0 Å². The molecule has 1 aromatic carbocycles. The highest BCUT2D eigenvalue weighted by molar-refractivity contribution is 9.10. The van der Waals surface area contributed by atoms with Gasteiger partial charge in [-0.15, -0.1) is 0 Å². The van der Waals surface area contributed by atoms with Gasteiger partial charge in [0, 0.05) is 5.56 Å². The van der Waals surface area contributed by atoms with E-state index >= 15 is 0 Å². The molecule has 0 fully saturated rings. The number of hydrogen-bond acceptors (Lipinski definition) is 9. The number of halogens is 1. The number of nitrogens with zero attached hydrogens (tertiary/aromatic N) is 3. The number of hydrogen-bond donors (Lipinski definition) is 2. The molecule has 10 heteroatoms. The van der Waals surface area contributed by atoms with Crippen LogP contribution in [0.25, 0.3) is 11.3 Å². The van der Waals surface area contributed by atoms with E-state index in [1.807, 2.05) is 6.07 Å². The van der Waals surface area contributed by atoms with E-state index in [0.717, 1.165) is 0 Å². The zero-order valence-corrected chi connectivity index (χ0v) is 16.5. The number of benzene rings is 1. The van der Waals surface area contributed by atoms with Gasteiger partial charge in [-0.1, -0.05) is 0 Å². The van der Waals surface area contributed by atoms with E-state index in [1.165, 1.54) is 7.11 Å². The van der Waals surface area contributed by atoms with Gasteiger partial charge in [-0.25, -0.2) is 9.78 Å². The number of methoxy groups -OCH3 is 1. The van der Waals surface area contributed by atoms with E-state index < -0.39 is 12.1 Å². The van der Waals surface area contributed by atoms with Crippen molar-refractivity contribution in [1.29, 1.82) is 5.26 Å². The monoisotopic (exact) mass is 435 g/mol. The number of ether oxygens (including phenoxy) is 3. The summed E-state index contributed by atoms with van der Waals surface area (Å²) in [6.07, 6.45) is -0.851. The molecule has 1 heterocycles. The summed E-state index contributed by atoms with van der Waals surface area (Å²) >= 11 is 3.40. The highest BCUT2D eigenvalue weighted by Gasteiger charge is 2.22. The third kappa shape index (κ3) is 4.38. The van der Waals surface area contributed by atoms with E-state index in [-0.39, 0.29) is 23.0 Å². The van der Waals surface area contributed by atoms with Crippen molar-refractivity contribution in [2.24, 2.45) is 0 Å². The van der Waals surface area contributed by atoms with Gasteiger partial charge in [0.05, 0.1) is 23.9 Å². The van der Waals surface area contributed by atoms with Crippen LogP contribution < -0.4 is 20.9 Å². The van der Waals surface area contributed by atoms with Gasteiger partial charge in [0.15, 0.2) is 17.6 Å². The normalized spacial score (nSPS) is 11.4. The number of esters is 1. The standard InChI is InChI=1S/C17H18BrN5O4/c1-4-26-12-6-9(13-10(7-19)15(20)23-17(21)22-13)5-11(18)14(12)27-8(2)16(24)25-3/h5-6,8H,4H2,1-3H3,(H4,20,21,22,23). The first-order valence-electron chi connectivity index (χ1n) is 7.86. The van der Waals surface area contributed by atoms with Crippen molar-refractivity contribution in [2.75, 3.05) is 25.2 Å². The van der Waals surface area contributed by atoms with Crippen molar-refractivity contribution in [3.8, 4) is 28.8 Å². The van der Waals surface area contributed by atoms with Crippen LogP contribution in [0.5, 0.6) is 11.5 Å². The van der Waals surface area contributed by atoms with Crippen LogP contribution in [0.3, 0.4) is 0 Å². The summed E-state index contributed by atoms with van der Waals surface area (Å²) in [6.45, 7) is 3.70. The van der Waals surface area contributed by atoms with Crippen LogP contribution in [0.2, 0.25) is 0 Å². The van der Waals surface area contributed by atoms with Gasteiger partial charge in [0.2, 0.25) is 5.95 Å². The summed E-state index contributed by atoms with van der Waals surface area (Å²) in [5.74, 6) is 0.0461. The molecule has 0 aliphatic rings. The second-order valence-electron chi connectivity index (χ2n) is 5.30. The van der Waals surface area contributed by atoms with E-state index in [2.05, 4.69) is 30.6 Å². The summed E-state index contributed by atoms with van der Waals surface area (Å²) in [5, 5.41) is 9.39. The SMILES string of the molecule is CCOc1cc(-c2nc(N)nc(N)c2C#N)cc(Br)c1OC(C)C(=O)OC. The van der Waals surface area contributed by atoms with Crippen LogP contribution >= 0.6 is 15.9 Å². The maximum absolute atomic E-state index is 11.7. The molecule has 9 nitrogen and oxygen atoms in total. The molecule has 2 aromatic rings. The largest absolute Gasteiger partial charge is 0.490 e. The lowest BCUT2D eigenvalue weighted by atomic mass is 10.1. The Morgan fingerprint density at radius 2 is 2.07 bits per heavy atom. The van der Waals surface area contributed by atoms with Gasteiger partial charge in [-0.2, -0.15) is 10.2 Å². The Morgan fingerprint density at radius 1 is 1.37 bits per heavy atom. The van der Waals surface area contributed by atoms with Crippen LogP contribution in [0.1, 0.15) is 19.4 Å². The Bertz CT molecular complexity index is 913. The van der Waals surface area contributed by atoms with Crippen LogP contribution in [-0.4, -0.2) is 35.8 Å². The van der Waals surface area contributed by atoms with Crippen molar-refractivity contribution in [3.63, 3.8) is 0 Å². The number of aromatic nitrogens is 2. The van der Waals surface area contributed by atoms with Crippen LogP contribution in [-0.2, 0) is 9.53 Å². The molecule has 1 atom stereocenters. The molecule has 142 valence electrons. The second-order valence-corrected chi connectivity index (χ2v) is 6.16. The fourth-order valence-corrected chi connectivity index (χ4v) is 2.82. The molecule has 2 rings (SSSR count). The van der Waals surface area contributed by atoms with Gasteiger partial charge < -0.3 is 25.7 Å². The first-order chi connectivity index (χ1) is 12.8. The Hall–Kier alpha value is -3.06. The van der Waals surface area contributed by atoms with Crippen molar-refractivity contribution in [2.45, 2.75) is 20.0 Å². The molecular formula is C17H18BrN5O4. The van der Waals surface area contributed by atoms with Crippen LogP contribution in [0, 0.1) is 11.3 Å². The average Bonchev–Trinajstić information content (AvgIpc) is 2.62. The minimum Gasteiger partial charge on any atom is -0.490 e. The molecule has 27 heavy (non-hydrogen) atoms. The molecular weight excluding hydrogens is 418 g/mol. The molecule has 0 aliphatic heterocycles. The second kappa shape index (κ2) is 8.55. The first-order valence-corrected chi connectivity index (χ1v) is 8.65. The summed E-state index contributed by atoms with van der Waals surface area (Å²) in [7, 11) is 1.27. The van der Waals surface area contributed by atoms with Gasteiger partial charge in [0.1, 0.15) is 17.5 Å². The lowest BCUT2D eigenvalue weighted by Gasteiger charge is -2.18. The molecule has 1 aromatic heterocycles. The molecule has 4 N–H and O–H groups in total. The highest BCUT2D eigenvalue weighted by atomic mass is 79.9. The number of nitrogen functional groups attached to an aromatic ring is 2. The Balaban J connectivity index is 2.60. The molecule has 0 bridgehead atoms. The third-order valence-electron chi connectivity index (χ3n) is 3.48. The van der Waals surface area contributed by atoms with Crippen molar-refractivity contribution in [3.05, 3.63) is 22.2 Å². The molecule has 0 spiro atoms. The van der Waals surface area contributed by atoms with Crippen LogP contribution in [0.4, 0.5) is 11.8 Å². The van der Waals surface area contributed by atoms with Crippen LogP contribution in [0.15, 0.2) is 16.6 Å².